The van der Waals surface area contributed by atoms with Gasteiger partial charge in [0.15, 0.2) is 0 Å². The Kier molecular flexibility index (Phi) is 3.75. The number of nitrogens with two attached hydrogens (primary N) is 1. The van der Waals surface area contributed by atoms with Gasteiger partial charge in [-0.2, -0.15) is 0 Å². The van der Waals surface area contributed by atoms with E-state index in [-0.39, 0.29) is 6.04 Å². The Morgan fingerprint density at radius 2 is 2.06 bits per heavy atom. The number of nitrogens with one attached hydrogen (secondary N) is 1. The summed E-state index contributed by atoms with van der Waals surface area (Å²) in [6.45, 7) is 4.00. The van der Waals surface area contributed by atoms with E-state index in [4.69, 9.17) is 5.73 Å². The van der Waals surface area contributed by atoms with Crippen molar-refractivity contribution in [2.24, 2.45) is 11.7 Å². The maximum Gasteiger partial charge on any atom is 0.240 e. The molecule has 3 N–H and O–H groups in total. The topological polar surface area (TPSA) is 72.2 Å². The fourth-order valence-corrected chi connectivity index (χ4v) is 3.37. The minimum Gasteiger partial charge on any atom is -0.326 e. The van der Waals surface area contributed by atoms with Crippen LogP contribution in [0.3, 0.4) is 0 Å². The highest BCUT2D eigenvalue weighted by Crippen LogP contribution is 2.31. The largest absolute Gasteiger partial charge is 0.326 e. The van der Waals surface area contributed by atoms with Crippen LogP contribution < -0.4 is 10.5 Å². The predicted octanol–water partition coefficient (Wildman–Crippen LogP) is 1.32. The summed E-state index contributed by atoms with van der Waals surface area (Å²) in [4.78, 5) is 0.352. The first-order chi connectivity index (χ1) is 8.40. The molecular formula is C13H20N2O2S. The third-order valence-electron chi connectivity index (χ3n) is 3.37. The molecule has 0 spiro atoms. The van der Waals surface area contributed by atoms with Gasteiger partial charge in [0.1, 0.15) is 0 Å². The molecule has 1 saturated carbocycles. The van der Waals surface area contributed by atoms with Gasteiger partial charge in [0.05, 0.1) is 4.90 Å². The van der Waals surface area contributed by atoms with Crippen LogP contribution in [0.25, 0.3) is 0 Å². The Bertz CT molecular complexity index is 536. The minimum atomic E-state index is -3.44. The summed E-state index contributed by atoms with van der Waals surface area (Å²) in [5, 5.41) is 0. The van der Waals surface area contributed by atoms with Crippen LogP contribution in [0.15, 0.2) is 23.1 Å². The fourth-order valence-electron chi connectivity index (χ4n) is 1.97. The van der Waals surface area contributed by atoms with Gasteiger partial charge in [-0.15, -0.1) is 0 Å². The first kappa shape index (κ1) is 13.5. The minimum absolute atomic E-state index is 0.0649. The standard InChI is InChI=1S/C13H20N2O2S/c1-9-3-4-10(2)13(7-9)18(16,17)15-8-12(14)11-5-6-11/h3-4,7,11-12,15H,5-6,8,14H2,1-2H3. The van der Waals surface area contributed by atoms with E-state index in [1.54, 1.807) is 13.0 Å². The molecule has 1 aromatic carbocycles. The number of benzene rings is 1. The van der Waals surface area contributed by atoms with Crippen molar-refractivity contribution in [1.29, 1.82) is 0 Å². The van der Waals surface area contributed by atoms with E-state index in [1.165, 1.54) is 0 Å². The number of rotatable bonds is 5. The van der Waals surface area contributed by atoms with E-state index < -0.39 is 10.0 Å². The summed E-state index contributed by atoms with van der Waals surface area (Å²) < 4.78 is 27.0. The normalized spacial score (nSPS) is 17.7. The SMILES string of the molecule is Cc1ccc(C)c(S(=O)(=O)NCC(N)C2CC2)c1. The van der Waals surface area contributed by atoms with E-state index >= 15 is 0 Å². The number of hydrogen-bond acceptors (Lipinski definition) is 3. The maximum absolute atomic E-state index is 12.2. The lowest BCUT2D eigenvalue weighted by Gasteiger charge is -2.13. The monoisotopic (exact) mass is 268 g/mol. The Labute approximate surface area is 109 Å². The Morgan fingerprint density at radius 3 is 2.67 bits per heavy atom. The predicted molar refractivity (Wildman–Crippen MR) is 71.8 cm³/mol. The molecule has 100 valence electrons. The molecule has 1 atom stereocenters. The van der Waals surface area contributed by atoms with Crippen molar-refractivity contribution >= 4 is 10.0 Å². The quantitative estimate of drug-likeness (QED) is 0.846. The molecule has 0 aromatic heterocycles. The fraction of sp³-hybridized carbons (Fsp3) is 0.538. The highest BCUT2D eigenvalue weighted by molar-refractivity contribution is 7.89. The van der Waals surface area contributed by atoms with Gasteiger partial charge in [-0.05, 0) is 49.8 Å². The zero-order valence-corrected chi connectivity index (χ0v) is 11.6. The van der Waals surface area contributed by atoms with Crippen LogP contribution >= 0.6 is 0 Å². The molecule has 0 aliphatic heterocycles. The third-order valence-corrected chi connectivity index (χ3v) is 4.94. The van der Waals surface area contributed by atoms with Gasteiger partial charge < -0.3 is 5.73 Å². The van der Waals surface area contributed by atoms with E-state index in [9.17, 15) is 8.42 Å². The van der Waals surface area contributed by atoms with Crippen LogP contribution in [0.1, 0.15) is 24.0 Å². The van der Waals surface area contributed by atoms with E-state index in [0.29, 0.717) is 17.4 Å². The molecule has 0 radical (unpaired) electrons. The molecule has 0 heterocycles. The molecule has 1 aliphatic carbocycles. The maximum atomic E-state index is 12.2. The summed E-state index contributed by atoms with van der Waals surface area (Å²) in [5.41, 5.74) is 7.60. The average Bonchev–Trinajstić information content (AvgIpc) is 3.13. The Hall–Kier alpha value is -0.910. The van der Waals surface area contributed by atoms with Crippen molar-refractivity contribution < 1.29 is 8.42 Å². The van der Waals surface area contributed by atoms with E-state index in [2.05, 4.69) is 4.72 Å². The van der Waals surface area contributed by atoms with Gasteiger partial charge in [0.25, 0.3) is 0 Å². The van der Waals surface area contributed by atoms with Crippen molar-refractivity contribution in [3.63, 3.8) is 0 Å². The molecule has 0 bridgehead atoms. The van der Waals surface area contributed by atoms with Gasteiger partial charge in [0, 0.05) is 12.6 Å². The molecule has 0 saturated heterocycles. The molecule has 2 rings (SSSR count). The van der Waals surface area contributed by atoms with Gasteiger partial charge in [-0.1, -0.05) is 12.1 Å². The van der Waals surface area contributed by atoms with Crippen LogP contribution in [0.5, 0.6) is 0 Å². The van der Waals surface area contributed by atoms with Crippen molar-refractivity contribution in [2.45, 2.75) is 37.6 Å². The molecule has 4 nitrogen and oxygen atoms in total. The highest BCUT2D eigenvalue weighted by atomic mass is 32.2. The summed E-state index contributed by atoms with van der Waals surface area (Å²) in [7, 11) is -3.44. The first-order valence-corrected chi connectivity index (χ1v) is 7.71. The summed E-state index contributed by atoms with van der Waals surface area (Å²) in [5.74, 6) is 0.492. The number of sulfonamides is 1. The van der Waals surface area contributed by atoms with Gasteiger partial charge in [0.2, 0.25) is 10.0 Å². The lowest BCUT2D eigenvalue weighted by Crippen LogP contribution is -2.38. The second-order valence-electron chi connectivity index (χ2n) is 5.12. The van der Waals surface area contributed by atoms with E-state index in [1.807, 2.05) is 19.1 Å². The van der Waals surface area contributed by atoms with Crippen LogP contribution in [0, 0.1) is 19.8 Å². The lowest BCUT2D eigenvalue weighted by atomic mass is 10.2. The molecule has 1 aromatic rings. The smallest absolute Gasteiger partial charge is 0.240 e. The lowest BCUT2D eigenvalue weighted by molar-refractivity contribution is 0.547. The summed E-state index contributed by atoms with van der Waals surface area (Å²) in [6.07, 6.45) is 2.23. The van der Waals surface area contributed by atoms with Crippen LogP contribution in [0.2, 0.25) is 0 Å². The third kappa shape index (κ3) is 3.10. The van der Waals surface area contributed by atoms with Crippen LogP contribution in [0.4, 0.5) is 0 Å². The molecular weight excluding hydrogens is 248 g/mol. The first-order valence-electron chi connectivity index (χ1n) is 6.22. The van der Waals surface area contributed by atoms with Crippen LogP contribution in [-0.4, -0.2) is 21.0 Å². The van der Waals surface area contributed by atoms with Gasteiger partial charge >= 0.3 is 0 Å². The molecule has 5 heteroatoms. The Balaban J connectivity index is 2.11. The molecule has 1 fully saturated rings. The van der Waals surface area contributed by atoms with Crippen molar-refractivity contribution in [3.8, 4) is 0 Å². The zero-order chi connectivity index (χ0) is 13.3. The van der Waals surface area contributed by atoms with Crippen molar-refractivity contribution in [2.75, 3.05) is 6.54 Å². The molecule has 1 aliphatic rings. The number of aryl methyl sites for hydroxylation is 2. The zero-order valence-electron chi connectivity index (χ0n) is 10.8. The summed E-state index contributed by atoms with van der Waals surface area (Å²) >= 11 is 0. The average molecular weight is 268 g/mol. The molecule has 1 unspecified atom stereocenters. The van der Waals surface area contributed by atoms with Gasteiger partial charge in [-0.3, -0.25) is 0 Å². The second-order valence-corrected chi connectivity index (χ2v) is 6.86. The highest BCUT2D eigenvalue weighted by Gasteiger charge is 2.29. The van der Waals surface area contributed by atoms with Gasteiger partial charge in [-0.25, -0.2) is 13.1 Å². The van der Waals surface area contributed by atoms with Crippen molar-refractivity contribution in [1.82, 2.24) is 4.72 Å². The second kappa shape index (κ2) is 4.99. The number of hydrogen-bond donors (Lipinski definition) is 2. The van der Waals surface area contributed by atoms with Crippen molar-refractivity contribution in [3.05, 3.63) is 29.3 Å². The molecule has 0 amide bonds. The Morgan fingerprint density at radius 1 is 1.39 bits per heavy atom. The van der Waals surface area contributed by atoms with E-state index in [0.717, 1.165) is 24.0 Å². The molecule has 18 heavy (non-hydrogen) atoms. The van der Waals surface area contributed by atoms with Crippen LogP contribution in [-0.2, 0) is 10.0 Å². The summed E-state index contributed by atoms with van der Waals surface area (Å²) in [6, 6.07) is 5.36.